The molecule has 8 heteroatoms. The molecule has 0 atom stereocenters. The van der Waals surface area contributed by atoms with Gasteiger partial charge in [-0.05, 0) is 43.8 Å². The number of nitrogens with one attached hydrogen (secondary N) is 1. The van der Waals surface area contributed by atoms with E-state index in [1.54, 1.807) is 18.2 Å². The average Bonchev–Trinajstić information content (AvgIpc) is 2.69. The molecule has 0 aromatic heterocycles. The first-order valence-corrected chi connectivity index (χ1v) is 11.3. The van der Waals surface area contributed by atoms with Crippen LogP contribution in [0.25, 0.3) is 0 Å². The Labute approximate surface area is 172 Å². The molecule has 7 nitrogen and oxygen atoms in total. The highest BCUT2D eigenvalue weighted by Crippen LogP contribution is 2.17. The van der Waals surface area contributed by atoms with E-state index in [2.05, 4.69) is 5.32 Å². The molecule has 2 aromatic carbocycles. The van der Waals surface area contributed by atoms with Gasteiger partial charge in [-0.25, -0.2) is 8.42 Å². The third-order valence-corrected chi connectivity index (χ3v) is 5.15. The first kappa shape index (κ1) is 22.7. The highest BCUT2D eigenvalue weighted by atomic mass is 32.2. The van der Waals surface area contributed by atoms with Crippen LogP contribution in [0.1, 0.15) is 6.42 Å². The second-order valence-corrected chi connectivity index (χ2v) is 8.71. The molecule has 0 aliphatic carbocycles. The zero-order chi connectivity index (χ0) is 21.1. The molecule has 29 heavy (non-hydrogen) atoms. The van der Waals surface area contributed by atoms with Gasteiger partial charge >= 0.3 is 0 Å². The minimum atomic E-state index is -3.25. The van der Waals surface area contributed by atoms with Gasteiger partial charge in [-0.15, -0.1) is 0 Å². The van der Waals surface area contributed by atoms with Crippen molar-refractivity contribution in [3.63, 3.8) is 0 Å². The molecule has 0 unspecified atom stereocenters. The zero-order valence-corrected chi connectivity index (χ0v) is 17.7. The van der Waals surface area contributed by atoms with Crippen molar-refractivity contribution < 1.29 is 22.7 Å². The Morgan fingerprint density at radius 3 is 2.41 bits per heavy atom. The summed E-state index contributed by atoms with van der Waals surface area (Å²) >= 11 is 0. The van der Waals surface area contributed by atoms with Gasteiger partial charge < -0.3 is 14.8 Å². The maximum atomic E-state index is 12.0. The SMILES string of the molecule is CN(CCCOc1cccc(S(C)(=O)=O)c1)CC(=O)NCCOc1ccccc1. The van der Waals surface area contributed by atoms with Crippen LogP contribution >= 0.6 is 0 Å². The summed E-state index contributed by atoms with van der Waals surface area (Å²) in [6, 6.07) is 15.9. The van der Waals surface area contributed by atoms with Gasteiger partial charge in [0.15, 0.2) is 9.84 Å². The van der Waals surface area contributed by atoms with Crippen molar-refractivity contribution in [2.45, 2.75) is 11.3 Å². The van der Waals surface area contributed by atoms with Crippen molar-refractivity contribution in [1.29, 1.82) is 0 Å². The summed E-state index contributed by atoms with van der Waals surface area (Å²) in [5, 5.41) is 2.83. The van der Waals surface area contributed by atoms with Crippen LogP contribution < -0.4 is 14.8 Å². The lowest BCUT2D eigenvalue weighted by Gasteiger charge is -2.16. The Balaban J connectivity index is 1.58. The fraction of sp³-hybridized carbons (Fsp3) is 0.381. The lowest BCUT2D eigenvalue weighted by molar-refractivity contribution is -0.122. The number of sulfone groups is 1. The number of carbonyl (C=O) groups is 1. The highest BCUT2D eigenvalue weighted by Gasteiger charge is 2.09. The minimum Gasteiger partial charge on any atom is -0.494 e. The predicted molar refractivity (Wildman–Crippen MR) is 112 cm³/mol. The Bertz CT molecular complexity index is 872. The smallest absolute Gasteiger partial charge is 0.234 e. The quantitative estimate of drug-likeness (QED) is 0.529. The number of benzene rings is 2. The third kappa shape index (κ3) is 8.97. The number of likely N-dealkylation sites (N-methyl/N-ethyl adjacent to an activating group) is 1. The van der Waals surface area contributed by atoms with E-state index in [-0.39, 0.29) is 17.3 Å². The van der Waals surface area contributed by atoms with E-state index < -0.39 is 9.84 Å². The topological polar surface area (TPSA) is 84.9 Å². The molecule has 0 spiro atoms. The van der Waals surface area contributed by atoms with E-state index in [0.717, 1.165) is 5.75 Å². The minimum absolute atomic E-state index is 0.0640. The molecule has 2 aromatic rings. The molecule has 2 rings (SSSR count). The van der Waals surface area contributed by atoms with Crippen LogP contribution in [0.2, 0.25) is 0 Å². The molecule has 0 heterocycles. The van der Waals surface area contributed by atoms with Crippen LogP contribution in [-0.4, -0.2) is 65.4 Å². The van der Waals surface area contributed by atoms with Crippen LogP contribution in [0, 0.1) is 0 Å². The van der Waals surface area contributed by atoms with Gasteiger partial charge in [-0.2, -0.15) is 0 Å². The van der Waals surface area contributed by atoms with E-state index in [1.807, 2.05) is 42.3 Å². The third-order valence-electron chi connectivity index (χ3n) is 4.04. The van der Waals surface area contributed by atoms with Crippen molar-refractivity contribution >= 4 is 15.7 Å². The van der Waals surface area contributed by atoms with E-state index in [1.165, 1.54) is 12.3 Å². The molecule has 158 valence electrons. The first-order valence-electron chi connectivity index (χ1n) is 9.40. The fourth-order valence-corrected chi connectivity index (χ4v) is 3.23. The average molecular weight is 421 g/mol. The number of nitrogens with zero attached hydrogens (tertiary/aromatic N) is 1. The van der Waals surface area contributed by atoms with Gasteiger partial charge in [0.25, 0.3) is 0 Å². The molecular formula is C21H28N2O5S. The predicted octanol–water partition coefficient (Wildman–Crippen LogP) is 1.99. The van der Waals surface area contributed by atoms with Crippen molar-refractivity contribution in [3.8, 4) is 11.5 Å². The normalized spacial score (nSPS) is 11.3. The monoisotopic (exact) mass is 420 g/mol. The molecule has 0 bridgehead atoms. The number of rotatable bonds is 12. The van der Waals surface area contributed by atoms with Crippen molar-refractivity contribution in [2.24, 2.45) is 0 Å². The Morgan fingerprint density at radius 2 is 1.69 bits per heavy atom. The Kier molecular flexibility index (Phi) is 8.95. The molecule has 1 amide bonds. The number of amides is 1. The van der Waals surface area contributed by atoms with Crippen molar-refractivity contribution in [2.75, 3.05) is 46.2 Å². The summed E-state index contributed by atoms with van der Waals surface area (Å²) in [4.78, 5) is 14.1. The second-order valence-electron chi connectivity index (χ2n) is 6.70. The number of ether oxygens (including phenoxy) is 2. The van der Waals surface area contributed by atoms with E-state index >= 15 is 0 Å². The van der Waals surface area contributed by atoms with Crippen LogP contribution in [-0.2, 0) is 14.6 Å². The molecule has 0 fully saturated rings. The largest absolute Gasteiger partial charge is 0.494 e. The van der Waals surface area contributed by atoms with Gasteiger partial charge in [0.2, 0.25) is 5.91 Å². The van der Waals surface area contributed by atoms with E-state index in [9.17, 15) is 13.2 Å². The summed E-state index contributed by atoms with van der Waals surface area (Å²) in [6.07, 6.45) is 1.88. The van der Waals surface area contributed by atoms with Crippen molar-refractivity contribution in [1.82, 2.24) is 10.2 Å². The number of hydrogen-bond acceptors (Lipinski definition) is 6. The lowest BCUT2D eigenvalue weighted by Crippen LogP contribution is -2.37. The van der Waals surface area contributed by atoms with Gasteiger partial charge in [0.05, 0.1) is 24.6 Å². The van der Waals surface area contributed by atoms with Crippen LogP contribution in [0.3, 0.4) is 0 Å². The van der Waals surface area contributed by atoms with Gasteiger partial charge in [0, 0.05) is 12.8 Å². The first-order chi connectivity index (χ1) is 13.8. The number of carbonyl (C=O) groups excluding carboxylic acids is 1. The molecule has 0 radical (unpaired) electrons. The maximum absolute atomic E-state index is 12.0. The van der Waals surface area contributed by atoms with E-state index in [4.69, 9.17) is 9.47 Å². The summed E-state index contributed by atoms with van der Waals surface area (Å²) < 4.78 is 34.3. The Morgan fingerprint density at radius 1 is 1.00 bits per heavy atom. The molecule has 0 aliphatic heterocycles. The molecular weight excluding hydrogens is 392 g/mol. The van der Waals surface area contributed by atoms with Crippen LogP contribution in [0.5, 0.6) is 11.5 Å². The number of hydrogen-bond donors (Lipinski definition) is 1. The van der Waals surface area contributed by atoms with Gasteiger partial charge in [-0.3, -0.25) is 9.69 Å². The summed E-state index contributed by atoms with van der Waals surface area (Å²) in [5.41, 5.74) is 0. The lowest BCUT2D eigenvalue weighted by atomic mass is 10.3. The Hall–Kier alpha value is -2.58. The summed E-state index contributed by atoms with van der Waals surface area (Å²) in [6.45, 7) is 2.26. The van der Waals surface area contributed by atoms with Crippen molar-refractivity contribution in [3.05, 3.63) is 54.6 Å². The molecule has 0 saturated carbocycles. The van der Waals surface area contributed by atoms with Gasteiger partial charge in [0.1, 0.15) is 18.1 Å². The van der Waals surface area contributed by atoms with E-state index in [0.29, 0.717) is 38.5 Å². The standard InChI is InChI=1S/C21H28N2O5S/c1-23(17-21(24)22-12-15-28-18-8-4-3-5-9-18)13-7-14-27-19-10-6-11-20(16-19)29(2,25)26/h3-6,8-11,16H,7,12-15,17H2,1-2H3,(H,22,24). The molecule has 0 aliphatic rings. The zero-order valence-electron chi connectivity index (χ0n) is 16.8. The van der Waals surface area contributed by atoms with Crippen LogP contribution in [0.4, 0.5) is 0 Å². The van der Waals surface area contributed by atoms with Crippen LogP contribution in [0.15, 0.2) is 59.5 Å². The maximum Gasteiger partial charge on any atom is 0.234 e. The molecule has 0 saturated heterocycles. The number of para-hydroxylation sites is 1. The summed E-state index contributed by atoms with van der Waals surface area (Å²) in [5.74, 6) is 1.23. The fourth-order valence-electron chi connectivity index (χ4n) is 2.58. The summed E-state index contributed by atoms with van der Waals surface area (Å²) in [7, 11) is -1.38. The van der Waals surface area contributed by atoms with Gasteiger partial charge in [-0.1, -0.05) is 24.3 Å². The second kappa shape index (κ2) is 11.4. The highest BCUT2D eigenvalue weighted by molar-refractivity contribution is 7.90. The molecule has 1 N–H and O–H groups in total.